The number of rotatable bonds is 6. The van der Waals surface area contributed by atoms with Crippen molar-refractivity contribution in [1.29, 1.82) is 0 Å². The second kappa shape index (κ2) is 7.90. The van der Waals surface area contributed by atoms with Crippen molar-refractivity contribution < 1.29 is 9.18 Å². The first-order valence-corrected chi connectivity index (χ1v) is 8.27. The molecule has 1 amide bonds. The van der Waals surface area contributed by atoms with Gasteiger partial charge in [0.05, 0.1) is 5.69 Å². The number of anilines is 1. The molecule has 0 aromatic heterocycles. The zero-order chi connectivity index (χ0) is 15.2. The van der Waals surface area contributed by atoms with Crippen molar-refractivity contribution in [3.63, 3.8) is 0 Å². The van der Waals surface area contributed by atoms with Crippen LogP contribution in [0, 0.1) is 11.7 Å². The fraction of sp³-hybridized carbons (Fsp3) is 0.562. The summed E-state index contributed by atoms with van der Waals surface area (Å²) in [5.74, 6) is 0.216. The maximum Gasteiger partial charge on any atom is 0.225 e. The maximum absolute atomic E-state index is 13.6. The predicted molar refractivity (Wildman–Crippen MR) is 86.8 cm³/mol. The minimum atomic E-state index is -0.419. The molecule has 0 aliphatic heterocycles. The van der Waals surface area contributed by atoms with Crippen LogP contribution < -0.4 is 5.32 Å². The molecule has 0 spiro atoms. The second-order valence-electron chi connectivity index (χ2n) is 5.84. The van der Waals surface area contributed by atoms with Gasteiger partial charge in [0.25, 0.3) is 0 Å². The van der Waals surface area contributed by atoms with Crippen LogP contribution in [0.1, 0.15) is 32.1 Å². The van der Waals surface area contributed by atoms with E-state index in [1.807, 2.05) is 7.05 Å². The van der Waals surface area contributed by atoms with Gasteiger partial charge < -0.3 is 10.2 Å². The number of halogens is 2. The van der Waals surface area contributed by atoms with Gasteiger partial charge >= 0.3 is 0 Å². The largest absolute Gasteiger partial charge is 0.324 e. The maximum atomic E-state index is 13.6. The van der Waals surface area contributed by atoms with Crippen molar-refractivity contribution in [2.45, 2.75) is 32.1 Å². The fourth-order valence-corrected chi connectivity index (χ4v) is 3.15. The van der Waals surface area contributed by atoms with Gasteiger partial charge in [-0.3, -0.25) is 4.79 Å². The summed E-state index contributed by atoms with van der Waals surface area (Å²) in [5, 5.41) is 2.62. The monoisotopic (exact) mass is 356 g/mol. The Kier molecular flexibility index (Phi) is 6.18. The number of benzene rings is 1. The number of nitrogens with zero attached hydrogens (tertiary/aromatic N) is 1. The van der Waals surface area contributed by atoms with E-state index < -0.39 is 5.82 Å². The minimum Gasteiger partial charge on any atom is -0.324 e. The average Bonchev–Trinajstić information content (AvgIpc) is 2.92. The summed E-state index contributed by atoms with van der Waals surface area (Å²) < 4.78 is 14.3. The molecule has 0 atom stereocenters. The Morgan fingerprint density at radius 2 is 2.14 bits per heavy atom. The van der Waals surface area contributed by atoms with Gasteiger partial charge in [-0.1, -0.05) is 28.8 Å². The summed E-state index contributed by atoms with van der Waals surface area (Å²) in [6.07, 6.45) is 5.67. The Labute approximate surface area is 134 Å². The summed E-state index contributed by atoms with van der Waals surface area (Å²) in [6, 6.07) is 4.63. The lowest BCUT2D eigenvalue weighted by atomic mass is 10.1. The number of carbonyl (C=O) groups is 1. The van der Waals surface area contributed by atoms with E-state index in [-0.39, 0.29) is 11.6 Å². The van der Waals surface area contributed by atoms with Crippen LogP contribution >= 0.6 is 15.9 Å². The van der Waals surface area contributed by atoms with E-state index in [1.54, 1.807) is 12.1 Å². The molecular weight excluding hydrogens is 335 g/mol. The van der Waals surface area contributed by atoms with E-state index in [0.717, 1.165) is 12.5 Å². The molecular formula is C16H22BrFN2O. The Balaban J connectivity index is 1.73. The molecule has 0 saturated heterocycles. The van der Waals surface area contributed by atoms with Crippen LogP contribution in [-0.4, -0.2) is 30.9 Å². The van der Waals surface area contributed by atoms with Crippen molar-refractivity contribution in [1.82, 2.24) is 4.90 Å². The quantitative estimate of drug-likeness (QED) is 0.834. The van der Waals surface area contributed by atoms with Gasteiger partial charge in [-0.2, -0.15) is 0 Å². The molecule has 2 rings (SSSR count). The SMILES string of the molecule is CN(CCC(=O)Nc1ccc(Br)cc1F)CC1CCCC1. The number of carbonyl (C=O) groups excluding carboxylic acids is 1. The van der Waals surface area contributed by atoms with E-state index >= 15 is 0 Å². The van der Waals surface area contributed by atoms with Crippen molar-refractivity contribution in [2.24, 2.45) is 5.92 Å². The first-order chi connectivity index (χ1) is 10.0. The molecule has 1 N–H and O–H groups in total. The van der Waals surface area contributed by atoms with Crippen molar-refractivity contribution in [2.75, 3.05) is 25.5 Å². The smallest absolute Gasteiger partial charge is 0.225 e. The van der Waals surface area contributed by atoms with E-state index in [0.29, 0.717) is 17.4 Å². The van der Waals surface area contributed by atoms with Crippen LogP contribution in [0.25, 0.3) is 0 Å². The number of nitrogens with one attached hydrogen (secondary N) is 1. The molecule has 1 aromatic rings. The lowest BCUT2D eigenvalue weighted by Crippen LogP contribution is -2.28. The fourth-order valence-electron chi connectivity index (χ4n) is 2.82. The summed E-state index contributed by atoms with van der Waals surface area (Å²) in [4.78, 5) is 14.1. The van der Waals surface area contributed by atoms with Gasteiger partial charge in [-0.25, -0.2) is 4.39 Å². The third kappa shape index (κ3) is 5.40. The number of hydrogen-bond donors (Lipinski definition) is 1. The average molecular weight is 357 g/mol. The Hall–Kier alpha value is -0.940. The van der Waals surface area contributed by atoms with Gasteiger partial charge in [0.15, 0.2) is 0 Å². The Morgan fingerprint density at radius 1 is 1.43 bits per heavy atom. The Morgan fingerprint density at radius 3 is 2.81 bits per heavy atom. The van der Waals surface area contributed by atoms with Crippen LogP contribution in [0.2, 0.25) is 0 Å². The number of amides is 1. The minimum absolute atomic E-state index is 0.144. The molecule has 0 heterocycles. The first kappa shape index (κ1) is 16.4. The zero-order valence-corrected chi connectivity index (χ0v) is 14.0. The normalized spacial score (nSPS) is 15.6. The lowest BCUT2D eigenvalue weighted by Gasteiger charge is -2.20. The third-order valence-corrected chi connectivity index (χ3v) is 4.46. The summed E-state index contributed by atoms with van der Waals surface area (Å²) in [6.45, 7) is 1.76. The molecule has 1 aliphatic carbocycles. The van der Waals surface area contributed by atoms with E-state index in [2.05, 4.69) is 26.1 Å². The summed E-state index contributed by atoms with van der Waals surface area (Å²) >= 11 is 3.19. The molecule has 0 unspecified atom stereocenters. The summed E-state index contributed by atoms with van der Waals surface area (Å²) in [5.41, 5.74) is 0.238. The Bertz CT molecular complexity index is 489. The van der Waals surface area contributed by atoms with Gasteiger partial charge in [-0.05, 0) is 44.0 Å². The highest BCUT2D eigenvalue weighted by atomic mass is 79.9. The van der Waals surface area contributed by atoms with Crippen molar-refractivity contribution in [3.05, 3.63) is 28.5 Å². The van der Waals surface area contributed by atoms with Crippen LogP contribution in [0.5, 0.6) is 0 Å². The van der Waals surface area contributed by atoms with E-state index in [4.69, 9.17) is 0 Å². The first-order valence-electron chi connectivity index (χ1n) is 7.48. The van der Waals surface area contributed by atoms with E-state index in [9.17, 15) is 9.18 Å². The van der Waals surface area contributed by atoms with Gasteiger partial charge in [0, 0.05) is 24.0 Å². The van der Waals surface area contributed by atoms with Gasteiger partial charge in [-0.15, -0.1) is 0 Å². The zero-order valence-electron chi connectivity index (χ0n) is 12.4. The summed E-state index contributed by atoms with van der Waals surface area (Å²) in [7, 11) is 2.05. The molecule has 0 bridgehead atoms. The third-order valence-electron chi connectivity index (χ3n) is 3.97. The van der Waals surface area contributed by atoms with Crippen molar-refractivity contribution in [3.8, 4) is 0 Å². The molecule has 1 fully saturated rings. The lowest BCUT2D eigenvalue weighted by molar-refractivity contribution is -0.116. The highest BCUT2D eigenvalue weighted by molar-refractivity contribution is 9.10. The molecule has 5 heteroatoms. The van der Waals surface area contributed by atoms with Crippen molar-refractivity contribution >= 4 is 27.5 Å². The van der Waals surface area contributed by atoms with Crippen LogP contribution in [0.4, 0.5) is 10.1 Å². The standard InChI is InChI=1S/C16H22BrFN2O/c1-20(11-12-4-2-3-5-12)9-8-16(21)19-15-7-6-13(17)10-14(15)18/h6-7,10,12H,2-5,8-9,11H2,1H3,(H,19,21). The van der Waals surface area contributed by atoms with E-state index in [1.165, 1.54) is 31.7 Å². The second-order valence-corrected chi connectivity index (χ2v) is 6.75. The number of hydrogen-bond acceptors (Lipinski definition) is 2. The van der Waals surface area contributed by atoms with Crippen LogP contribution in [0.3, 0.4) is 0 Å². The molecule has 21 heavy (non-hydrogen) atoms. The topological polar surface area (TPSA) is 32.3 Å². The highest BCUT2D eigenvalue weighted by Crippen LogP contribution is 2.25. The highest BCUT2D eigenvalue weighted by Gasteiger charge is 2.17. The van der Waals surface area contributed by atoms with Gasteiger partial charge in [0.1, 0.15) is 5.82 Å². The molecule has 3 nitrogen and oxygen atoms in total. The molecule has 1 aromatic carbocycles. The van der Waals surface area contributed by atoms with Crippen LogP contribution in [-0.2, 0) is 4.79 Å². The molecule has 1 aliphatic rings. The van der Waals surface area contributed by atoms with Gasteiger partial charge in [0.2, 0.25) is 5.91 Å². The molecule has 0 radical (unpaired) electrons. The van der Waals surface area contributed by atoms with Crippen LogP contribution in [0.15, 0.2) is 22.7 Å². The predicted octanol–water partition coefficient (Wildman–Crippen LogP) is 4.04. The molecule has 116 valence electrons. The molecule has 1 saturated carbocycles.